The third-order valence-electron chi connectivity index (χ3n) is 7.96. The number of rotatable bonds is 9. The number of nitrogens with zero attached hydrogens (tertiary/aromatic N) is 5. The van der Waals surface area contributed by atoms with Gasteiger partial charge in [-0.3, -0.25) is 4.98 Å². The van der Waals surface area contributed by atoms with Crippen LogP contribution in [0.5, 0.6) is 0 Å². The zero-order chi connectivity index (χ0) is 35.1. The van der Waals surface area contributed by atoms with Crippen LogP contribution in [-0.4, -0.2) is 37.3 Å². The molecule has 0 fully saturated rings. The van der Waals surface area contributed by atoms with E-state index in [4.69, 9.17) is 8.22 Å². The summed E-state index contributed by atoms with van der Waals surface area (Å²) in [5, 5.41) is 3.41. The molecular formula is C36H46N6. The Morgan fingerprint density at radius 2 is 1.62 bits per heavy atom. The fourth-order valence-corrected chi connectivity index (χ4v) is 5.61. The maximum Gasteiger partial charge on any atom is 0.158 e. The van der Waals surface area contributed by atoms with Gasteiger partial charge in [0.25, 0.3) is 0 Å². The Morgan fingerprint density at radius 1 is 0.905 bits per heavy atom. The molecule has 0 unspecified atom stereocenters. The number of nitrogens with one attached hydrogen (secondary N) is 1. The second-order valence-electron chi connectivity index (χ2n) is 12.0. The monoisotopic (exact) mass is 568 g/mol. The minimum absolute atomic E-state index is 0.0114. The van der Waals surface area contributed by atoms with Gasteiger partial charge in [0, 0.05) is 45.9 Å². The van der Waals surface area contributed by atoms with E-state index in [-0.39, 0.29) is 25.2 Å². The van der Waals surface area contributed by atoms with Crippen LogP contribution in [0.3, 0.4) is 0 Å². The standard InChI is InChI=1S/C36H46N6/c1-23(2)27-18-31(24(3)4)35(32(19-27)25(5)6)28-16-29(39-21-40(8)33-12-10-14-37-26(33)7)20-30(17-28)42-22-41(9)34-13-11-15-38-36(34)42/h10-20,23-25,39H,21-22H2,1-9H3/i8D3,9D3. The molecule has 0 atom stereocenters. The summed E-state index contributed by atoms with van der Waals surface area (Å²) < 4.78 is 49.7. The number of aryl methyl sites for hydroxylation is 1. The van der Waals surface area contributed by atoms with Gasteiger partial charge < -0.3 is 20.0 Å². The van der Waals surface area contributed by atoms with E-state index in [9.17, 15) is 0 Å². The second-order valence-corrected chi connectivity index (χ2v) is 12.0. The highest BCUT2D eigenvalue weighted by molar-refractivity contribution is 5.85. The molecule has 0 aliphatic carbocycles. The van der Waals surface area contributed by atoms with Gasteiger partial charge in [-0.05, 0) is 95.0 Å². The van der Waals surface area contributed by atoms with Crippen molar-refractivity contribution in [2.24, 2.45) is 0 Å². The van der Waals surface area contributed by atoms with Crippen LogP contribution in [0.15, 0.2) is 67.0 Å². The first kappa shape index (κ1) is 22.5. The molecule has 4 aromatic rings. The highest BCUT2D eigenvalue weighted by Gasteiger charge is 2.27. The minimum atomic E-state index is -2.43. The molecule has 2 aromatic heterocycles. The van der Waals surface area contributed by atoms with Crippen molar-refractivity contribution in [3.8, 4) is 11.1 Å². The number of fused-ring (bicyclic) bond motifs is 1. The van der Waals surface area contributed by atoms with Gasteiger partial charge in [0.1, 0.15) is 0 Å². The number of hydrogen-bond donors (Lipinski definition) is 1. The van der Waals surface area contributed by atoms with Gasteiger partial charge in [-0.15, -0.1) is 0 Å². The Morgan fingerprint density at radius 3 is 2.26 bits per heavy atom. The van der Waals surface area contributed by atoms with Crippen molar-refractivity contribution in [1.82, 2.24) is 9.97 Å². The molecule has 1 N–H and O–H groups in total. The van der Waals surface area contributed by atoms with Crippen LogP contribution in [0.25, 0.3) is 11.1 Å². The average molecular weight is 569 g/mol. The Hall–Kier alpha value is -4.06. The lowest BCUT2D eigenvalue weighted by Crippen LogP contribution is -2.26. The van der Waals surface area contributed by atoms with E-state index in [1.54, 1.807) is 43.6 Å². The Bertz CT molecular complexity index is 1740. The normalized spacial score (nSPS) is 15.7. The van der Waals surface area contributed by atoms with Crippen molar-refractivity contribution >= 4 is 28.6 Å². The third-order valence-corrected chi connectivity index (χ3v) is 7.96. The first-order valence-corrected chi connectivity index (χ1v) is 14.7. The molecule has 0 amide bonds. The van der Waals surface area contributed by atoms with Gasteiger partial charge >= 0.3 is 0 Å². The van der Waals surface area contributed by atoms with Gasteiger partial charge in [-0.1, -0.05) is 53.7 Å². The summed E-state index contributed by atoms with van der Waals surface area (Å²) in [6, 6.07) is 17.7. The van der Waals surface area contributed by atoms with E-state index in [2.05, 4.69) is 81.1 Å². The maximum atomic E-state index is 8.33. The Balaban J connectivity index is 1.70. The summed E-state index contributed by atoms with van der Waals surface area (Å²) in [4.78, 5) is 13.6. The van der Waals surface area contributed by atoms with E-state index in [0.717, 1.165) is 16.8 Å². The minimum Gasteiger partial charge on any atom is -0.368 e. The number of pyridine rings is 2. The smallest absolute Gasteiger partial charge is 0.158 e. The molecule has 42 heavy (non-hydrogen) atoms. The van der Waals surface area contributed by atoms with Crippen molar-refractivity contribution in [3.05, 3.63) is 89.4 Å². The lowest BCUT2D eigenvalue weighted by Gasteiger charge is -2.26. The summed E-state index contributed by atoms with van der Waals surface area (Å²) in [6.45, 7) is 10.3. The molecule has 6 heteroatoms. The Labute approximate surface area is 260 Å². The summed E-state index contributed by atoms with van der Waals surface area (Å²) in [5.74, 6) is 1.37. The van der Waals surface area contributed by atoms with Crippen LogP contribution in [0.2, 0.25) is 0 Å². The molecule has 0 saturated carbocycles. The van der Waals surface area contributed by atoms with Gasteiger partial charge in [0.2, 0.25) is 0 Å². The molecule has 1 aliphatic heterocycles. The molecule has 0 spiro atoms. The predicted octanol–water partition coefficient (Wildman–Crippen LogP) is 8.87. The van der Waals surface area contributed by atoms with Crippen molar-refractivity contribution < 1.29 is 8.22 Å². The number of anilines is 5. The van der Waals surface area contributed by atoms with Gasteiger partial charge in [0.05, 0.1) is 30.4 Å². The molecule has 220 valence electrons. The molecule has 2 aromatic carbocycles. The summed E-state index contributed by atoms with van der Waals surface area (Å²) in [5.41, 5.74) is 8.94. The largest absolute Gasteiger partial charge is 0.368 e. The zero-order valence-electron chi connectivity index (χ0n) is 31.7. The van der Waals surface area contributed by atoms with E-state index in [1.165, 1.54) is 26.5 Å². The molecule has 6 nitrogen and oxygen atoms in total. The SMILES string of the molecule is [2H]C([2H])([2H])N(CNc1cc(-c2c(C(C)C)cc(C(C)C)cc2C(C)C)cc(N2CN(C([2H])([2H])[2H])c3cccnc32)c1)c1cccnc1C. The van der Waals surface area contributed by atoms with Crippen molar-refractivity contribution in [3.63, 3.8) is 0 Å². The fourth-order valence-electron chi connectivity index (χ4n) is 5.61. The van der Waals surface area contributed by atoms with Crippen LogP contribution in [-0.2, 0) is 0 Å². The fraction of sp³-hybridized carbons (Fsp3) is 0.389. The molecule has 0 saturated heterocycles. The third kappa shape index (κ3) is 5.80. The van der Waals surface area contributed by atoms with Gasteiger partial charge in [-0.2, -0.15) is 0 Å². The lowest BCUT2D eigenvalue weighted by molar-refractivity contribution is 0.807. The predicted molar refractivity (Wildman–Crippen MR) is 180 cm³/mol. The zero-order valence-corrected chi connectivity index (χ0v) is 25.7. The van der Waals surface area contributed by atoms with Crippen LogP contribution in [0.1, 0.15) is 89.9 Å². The van der Waals surface area contributed by atoms with E-state index < -0.39 is 14.0 Å². The van der Waals surface area contributed by atoms with E-state index >= 15 is 0 Å². The lowest BCUT2D eigenvalue weighted by atomic mass is 9.81. The molecular weight excluding hydrogens is 516 g/mol. The Kier molecular flexibility index (Phi) is 6.46. The van der Waals surface area contributed by atoms with Crippen molar-refractivity contribution in [2.45, 2.75) is 66.2 Å². The average Bonchev–Trinajstić information content (AvgIpc) is 3.41. The summed E-state index contributed by atoms with van der Waals surface area (Å²) in [6.07, 6.45) is 3.31. The maximum absolute atomic E-state index is 8.33. The van der Waals surface area contributed by atoms with Gasteiger partial charge in [-0.25, -0.2) is 4.98 Å². The van der Waals surface area contributed by atoms with Crippen LogP contribution in [0, 0.1) is 6.92 Å². The summed E-state index contributed by atoms with van der Waals surface area (Å²) >= 11 is 0. The van der Waals surface area contributed by atoms with E-state index in [1.807, 2.05) is 11.0 Å². The molecule has 5 rings (SSSR count). The number of benzene rings is 2. The highest BCUT2D eigenvalue weighted by atomic mass is 15.4. The van der Waals surface area contributed by atoms with Crippen molar-refractivity contribution in [2.75, 3.05) is 47.3 Å². The van der Waals surface area contributed by atoms with E-state index in [0.29, 0.717) is 34.5 Å². The van der Waals surface area contributed by atoms with Crippen molar-refractivity contribution in [1.29, 1.82) is 0 Å². The number of hydrogen-bond acceptors (Lipinski definition) is 6. The summed E-state index contributed by atoms with van der Waals surface area (Å²) in [7, 11) is 0. The quantitative estimate of drug-likeness (QED) is 0.204. The second kappa shape index (κ2) is 12.0. The van der Waals surface area contributed by atoms with Crippen LogP contribution in [0.4, 0.5) is 28.6 Å². The number of aromatic nitrogens is 2. The topological polar surface area (TPSA) is 47.5 Å². The highest BCUT2D eigenvalue weighted by Crippen LogP contribution is 2.44. The first-order chi connectivity index (χ1) is 22.5. The first-order valence-electron chi connectivity index (χ1n) is 17.7. The molecule has 0 radical (unpaired) electrons. The van der Waals surface area contributed by atoms with Crippen LogP contribution >= 0.6 is 0 Å². The molecule has 0 bridgehead atoms. The molecule has 3 heterocycles. The molecule has 1 aliphatic rings. The van der Waals surface area contributed by atoms with Gasteiger partial charge in [0.15, 0.2) is 5.82 Å². The van der Waals surface area contributed by atoms with Crippen LogP contribution < -0.4 is 20.0 Å².